The fraction of sp³-hybridized carbons (Fsp3) is 0.200. The smallest absolute Gasteiger partial charge is 0.331 e. The maximum absolute atomic E-state index is 13.1. The van der Waals surface area contributed by atoms with Crippen molar-refractivity contribution in [1.82, 2.24) is 5.32 Å². The molecule has 0 aliphatic heterocycles. The number of nitrogens with one attached hydrogen (secondary N) is 1. The van der Waals surface area contributed by atoms with Crippen LogP contribution in [0, 0.1) is 11.6 Å². The molecule has 136 valence electrons. The summed E-state index contributed by atoms with van der Waals surface area (Å²) < 4.78 is 31.0. The van der Waals surface area contributed by atoms with Crippen LogP contribution >= 0.6 is 0 Å². The number of esters is 1. The van der Waals surface area contributed by atoms with E-state index in [1.807, 2.05) is 0 Å². The zero-order valence-corrected chi connectivity index (χ0v) is 14.4. The zero-order chi connectivity index (χ0) is 19.1. The van der Waals surface area contributed by atoms with Gasteiger partial charge in [-0.3, -0.25) is 4.79 Å². The van der Waals surface area contributed by atoms with Crippen LogP contribution < -0.4 is 5.32 Å². The minimum absolute atomic E-state index is 0.361. The third-order valence-corrected chi connectivity index (χ3v) is 3.65. The average Bonchev–Trinajstić information content (AvgIpc) is 2.60. The number of carbonyl (C=O) groups excluding carboxylic acids is 2. The van der Waals surface area contributed by atoms with Gasteiger partial charge in [-0.15, -0.1) is 0 Å². The lowest BCUT2D eigenvalue weighted by molar-refractivity contribution is -0.150. The number of halogens is 2. The van der Waals surface area contributed by atoms with Gasteiger partial charge in [0.1, 0.15) is 11.6 Å². The minimum atomic E-state index is -1.01. The fourth-order valence-corrected chi connectivity index (χ4v) is 2.21. The van der Waals surface area contributed by atoms with Gasteiger partial charge in [-0.2, -0.15) is 0 Å². The van der Waals surface area contributed by atoms with E-state index in [1.165, 1.54) is 43.3 Å². The molecule has 2 unspecified atom stereocenters. The third kappa shape index (κ3) is 5.81. The van der Waals surface area contributed by atoms with Crippen molar-refractivity contribution in [2.45, 2.75) is 26.0 Å². The predicted molar refractivity (Wildman–Crippen MR) is 93.9 cm³/mol. The van der Waals surface area contributed by atoms with E-state index in [0.29, 0.717) is 5.56 Å². The van der Waals surface area contributed by atoms with Gasteiger partial charge in [-0.05, 0) is 55.3 Å². The summed E-state index contributed by atoms with van der Waals surface area (Å²) in [5, 5.41) is 2.69. The number of hydrogen-bond donors (Lipinski definition) is 1. The maximum Gasteiger partial charge on any atom is 0.331 e. The molecule has 6 heteroatoms. The molecule has 0 heterocycles. The van der Waals surface area contributed by atoms with E-state index in [2.05, 4.69) is 5.32 Å². The highest BCUT2D eigenvalue weighted by Crippen LogP contribution is 2.13. The molecule has 0 aliphatic rings. The summed E-state index contributed by atoms with van der Waals surface area (Å²) in [6.07, 6.45) is 1.52. The van der Waals surface area contributed by atoms with Crippen LogP contribution in [0.5, 0.6) is 0 Å². The van der Waals surface area contributed by atoms with E-state index in [-0.39, 0.29) is 11.9 Å². The molecular weight excluding hydrogens is 340 g/mol. The molecule has 0 bridgehead atoms. The van der Waals surface area contributed by atoms with Gasteiger partial charge in [-0.25, -0.2) is 13.6 Å². The highest BCUT2D eigenvalue weighted by molar-refractivity contribution is 5.90. The SMILES string of the molecule is CC(OC(=O)/C=C/c1cccc(F)c1)C(=O)NC(C)c1ccc(F)cc1. The summed E-state index contributed by atoms with van der Waals surface area (Å²) in [5.41, 5.74) is 1.23. The number of amides is 1. The number of hydrogen-bond acceptors (Lipinski definition) is 3. The average molecular weight is 359 g/mol. The van der Waals surface area contributed by atoms with Crippen LogP contribution in [-0.2, 0) is 14.3 Å². The molecule has 0 saturated heterocycles. The van der Waals surface area contributed by atoms with Gasteiger partial charge < -0.3 is 10.1 Å². The Morgan fingerprint density at radius 2 is 1.73 bits per heavy atom. The van der Waals surface area contributed by atoms with Gasteiger partial charge in [0, 0.05) is 6.08 Å². The number of benzene rings is 2. The van der Waals surface area contributed by atoms with E-state index in [1.54, 1.807) is 25.1 Å². The van der Waals surface area contributed by atoms with Crippen molar-refractivity contribution in [3.63, 3.8) is 0 Å². The van der Waals surface area contributed by atoms with Gasteiger partial charge >= 0.3 is 5.97 Å². The van der Waals surface area contributed by atoms with Crippen molar-refractivity contribution in [3.05, 3.63) is 77.4 Å². The van der Waals surface area contributed by atoms with Gasteiger partial charge in [0.25, 0.3) is 5.91 Å². The maximum atomic E-state index is 13.1. The Bertz CT molecular complexity index is 803. The molecule has 2 aromatic carbocycles. The Morgan fingerprint density at radius 3 is 2.38 bits per heavy atom. The lowest BCUT2D eigenvalue weighted by Crippen LogP contribution is -2.37. The largest absolute Gasteiger partial charge is 0.449 e. The van der Waals surface area contributed by atoms with Crippen LogP contribution in [0.1, 0.15) is 31.0 Å². The predicted octanol–water partition coefficient (Wildman–Crippen LogP) is 3.79. The van der Waals surface area contributed by atoms with Crippen LogP contribution in [0.2, 0.25) is 0 Å². The van der Waals surface area contributed by atoms with E-state index in [0.717, 1.165) is 11.6 Å². The topological polar surface area (TPSA) is 55.4 Å². The Kier molecular flexibility index (Phi) is 6.60. The van der Waals surface area contributed by atoms with Crippen molar-refractivity contribution in [2.24, 2.45) is 0 Å². The third-order valence-electron chi connectivity index (χ3n) is 3.65. The minimum Gasteiger partial charge on any atom is -0.449 e. The molecule has 0 aromatic heterocycles. The van der Waals surface area contributed by atoms with Crippen LogP contribution in [0.3, 0.4) is 0 Å². The van der Waals surface area contributed by atoms with E-state index in [9.17, 15) is 18.4 Å². The molecule has 0 fully saturated rings. The molecule has 0 spiro atoms. The van der Waals surface area contributed by atoms with Crippen molar-refractivity contribution >= 4 is 18.0 Å². The van der Waals surface area contributed by atoms with Gasteiger partial charge in [0.05, 0.1) is 6.04 Å². The van der Waals surface area contributed by atoms with Crippen molar-refractivity contribution in [1.29, 1.82) is 0 Å². The molecule has 1 N–H and O–H groups in total. The van der Waals surface area contributed by atoms with Crippen molar-refractivity contribution < 1.29 is 23.1 Å². The summed E-state index contributed by atoms with van der Waals surface area (Å²) in [6.45, 7) is 3.18. The second-order valence-electron chi connectivity index (χ2n) is 5.75. The van der Waals surface area contributed by atoms with Crippen LogP contribution in [0.4, 0.5) is 8.78 Å². The quantitative estimate of drug-likeness (QED) is 0.631. The van der Waals surface area contributed by atoms with Crippen molar-refractivity contribution in [2.75, 3.05) is 0 Å². The summed E-state index contributed by atoms with van der Waals surface area (Å²) in [4.78, 5) is 23.9. The van der Waals surface area contributed by atoms with Crippen LogP contribution in [0.15, 0.2) is 54.6 Å². The molecule has 2 atom stereocenters. The Labute approximate surface area is 150 Å². The molecular formula is C20H19F2NO3. The summed E-state index contributed by atoms with van der Waals surface area (Å²) in [5.74, 6) is -1.97. The fourth-order valence-electron chi connectivity index (χ4n) is 2.21. The number of carbonyl (C=O) groups is 2. The standard InChI is InChI=1S/C20H19F2NO3/c1-13(16-7-9-17(21)10-8-16)23-20(25)14(2)26-19(24)11-6-15-4-3-5-18(22)12-15/h3-14H,1-2H3,(H,23,25)/b11-6+. The lowest BCUT2D eigenvalue weighted by atomic mass is 10.1. The number of rotatable bonds is 6. The number of ether oxygens (including phenoxy) is 1. The first kappa shape index (κ1) is 19.3. The Balaban J connectivity index is 1.87. The van der Waals surface area contributed by atoms with E-state index >= 15 is 0 Å². The van der Waals surface area contributed by atoms with Crippen molar-refractivity contribution in [3.8, 4) is 0 Å². The normalized spacial score (nSPS) is 13.2. The Hall–Kier alpha value is -3.02. The van der Waals surface area contributed by atoms with Gasteiger partial charge in [0.15, 0.2) is 6.10 Å². The van der Waals surface area contributed by atoms with Crippen LogP contribution in [0.25, 0.3) is 6.08 Å². The zero-order valence-electron chi connectivity index (χ0n) is 14.4. The molecule has 2 aromatic rings. The highest BCUT2D eigenvalue weighted by Gasteiger charge is 2.19. The second-order valence-corrected chi connectivity index (χ2v) is 5.75. The molecule has 26 heavy (non-hydrogen) atoms. The summed E-state index contributed by atoms with van der Waals surface area (Å²) in [6, 6.07) is 11.1. The molecule has 1 amide bonds. The summed E-state index contributed by atoms with van der Waals surface area (Å²) >= 11 is 0. The second kappa shape index (κ2) is 8.89. The molecule has 0 saturated carbocycles. The van der Waals surface area contributed by atoms with Gasteiger partial charge in [0.2, 0.25) is 0 Å². The lowest BCUT2D eigenvalue weighted by Gasteiger charge is -2.17. The first-order valence-electron chi connectivity index (χ1n) is 8.05. The molecule has 2 rings (SSSR count). The summed E-state index contributed by atoms with van der Waals surface area (Å²) in [7, 11) is 0. The highest BCUT2D eigenvalue weighted by atomic mass is 19.1. The Morgan fingerprint density at radius 1 is 1.04 bits per heavy atom. The first-order valence-corrected chi connectivity index (χ1v) is 8.05. The van der Waals surface area contributed by atoms with Crippen LogP contribution in [-0.4, -0.2) is 18.0 Å². The monoisotopic (exact) mass is 359 g/mol. The molecule has 4 nitrogen and oxygen atoms in total. The van der Waals surface area contributed by atoms with E-state index < -0.39 is 23.8 Å². The first-order chi connectivity index (χ1) is 12.3. The van der Waals surface area contributed by atoms with Gasteiger partial charge in [-0.1, -0.05) is 24.3 Å². The molecule has 0 aliphatic carbocycles. The molecule has 0 radical (unpaired) electrons. The van der Waals surface area contributed by atoms with E-state index in [4.69, 9.17) is 4.74 Å².